The molecule has 100 valence electrons. The molecule has 2 N–H and O–H groups in total. The summed E-state index contributed by atoms with van der Waals surface area (Å²) in [7, 11) is 0. The molecule has 0 saturated heterocycles. The van der Waals surface area contributed by atoms with Crippen molar-refractivity contribution >= 4 is 11.8 Å². The molecule has 1 aromatic carbocycles. The Balaban J connectivity index is 2.19. The number of thioether (sulfide) groups is 1. The van der Waals surface area contributed by atoms with E-state index in [-0.39, 0.29) is 28.0 Å². The highest BCUT2D eigenvalue weighted by Crippen LogP contribution is 2.64. The van der Waals surface area contributed by atoms with E-state index < -0.39 is 5.51 Å². The van der Waals surface area contributed by atoms with Crippen LogP contribution in [-0.2, 0) is 0 Å². The van der Waals surface area contributed by atoms with Crippen molar-refractivity contribution in [2.75, 3.05) is 6.54 Å². The Kier molecular flexibility index (Phi) is 3.40. The van der Waals surface area contributed by atoms with Crippen LogP contribution in [0.2, 0.25) is 0 Å². The first-order chi connectivity index (χ1) is 8.25. The minimum Gasteiger partial charge on any atom is -0.330 e. The fraction of sp³-hybridized carbons (Fsp3) is 0.538. The van der Waals surface area contributed by atoms with Gasteiger partial charge in [-0.2, -0.15) is 13.2 Å². The highest BCUT2D eigenvalue weighted by Gasteiger charge is 2.57. The first kappa shape index (κ1) is 13.7. The van der Waals surface area contributed by atoms with Gasteiger partial charge in [0.25, 0.3) is 0 Å². The Morgan fingerprint density at radius 1 is 1.33 bits per heavy atom. The molecule has 1 saturated carbocycles. The minimum atomic E-state index is -4.23. The molecular weight excluding hydrogens is 259 g/mol. The van der Waals surface area contributed by atoms with Crippen LogP contribution in [0.3, 0.4) is 0 Å². The van der Waals surface area contributed by atoms with E-state index >= 15 is 0 Å². The lowest BCUT2D eigenvalue weighted by Crippen LogP contribution is -2.05. The summed E-state index contributed by atoms with van der Waals surface area (Å²) in [6.45, 7) is 4.80. The van der Waals surface area contributed by atoms with E-state index in [1.165, 1.54) is 6.07 Å². The normalized spacial score (nSPS) is 26.1. The molecule has 2 atom stereocenters. The largest absolute Gasteiger partial charge is 0.446 e. The predicted octanol–water partition coefficient (Wildman–Crippen LogP) is 4.00. The van der Waals surface area contributed by atoms with E-state index in [9.17, 15) is 13.2 Å². The van der Waals surface area contributed by atoms with E-state index in [1.807, 2.05) is 6.07 Å². The number of hydrogen-bond donors (Lipinski definition) is 1. The van der Waals surface area contributed by atoms with Gasteiger partial charge < -0.3 is 5.73 Å². The number of rotatable bonds is 3. The summed E-state index contributed by atoms with van der Waals surface area (Å²) < 4.78 is 37.0. The Bertz CT molecular complexity index is 442. The standard InChI is InChI=1S/C13H16F3NS/c1-12(2)10(7-17)11(12)8-4-3-5-9(6-8)18-13(14,15)16/h3-6,10-11H,7,17H2,1-2H3. The Hall–Kier alpha value is -0.680. The van der Waals surface area contributed by atoms with Crippen LogP contribution in [0, 0.1) is 11.3 Å². The number of halogens is 3. The number of nitrogens with two attached hydrogens (primary N) is 1. The van der Waals surface area contributed by atoms with Crippen LogP contribution >= 0.6 is 11.8 Å². The second-order valence-electron chi connectivity index (χ2n) is 5.26. The summed E-state index contributed by atoms with van der Waals surface area (Å²) in [5.41, 5.74) is 2.52. The third kappa shape index (κ3) is 2.67. The van der Waals surface area contributed by atoms with Crippen molar-refractivity contribution in [2.45, 2.75) is 30.2 Å². The summed E-state index contributed by atoms with van der Waals surface area (Å²) in [6.07, 6.45) is 0. The van der Waals surface area contributed by atoms with Crippen molar-refractivity contribution in [2.24, 2.45) is 17.1 Å². The highest BCUT2D eigenvalue weighted by molar-refractivity contribution is 8.00. The zero-order valence-corrected chi connectivity index (χ0v) is 11.1. The molecular formula is C13H16F3NS. The molecule has 0 radical (unpaired) electrons. The lowest BCUT2D eigenvalue weighted by atomic mass is 10.0. The molecule has 2 unspecified atom stereocenters. The zero-order valence-electron chi connectivity index (χ0n) is 10.3. The molecule has 1 fully saturated rings. The quantitative estimate of drug-likeness (QED) is 0.844. The van der Waals surface area contributed by atoms with Crippen LogP contribution in [0.25, 0.3) is 0 Å². The third-order valence-electron chi connectivity index (χ3n) is 3.76. The van der Waals surface area contributed by atoms with E-state index in [0.29, 0.717) is 12.5 Å². The van der Waals surface area contributed by atoms with Gasteiger partial charge in [-0.15, -0.1) is 0 Å². The molecule has 0 aromatic heterocycles. The maximum absolute atomic E-state index is 12.3. The van der Waals surface area contributed by atoms with Crippen LogP contribution in [0.4, 0.5) is 13.2 Å². The summed E-state index contributed by atoms with van der Waals surface area (Å²) in [6, 6.07) is 6.71. The summed E-state index contributed by atoms with van der Waals surface area (Å²) in [4.78, 5) is 0.249. The zero-order chi connectivity index (χ0) is 13.6. The Labute approximate surface area is 109 Å². The van der Waals surface area contributed by atoms with E-state index in [2.05, 4.69) is 13.8 Å². The average Bonchev–Trinajstić information content (AvgIpc) is 2.78. The van der Waals surface area contributed by atoms with Crippen LogP contribution in [-0.4, -0.2) is 12.1 Å². The molecule has 1 aromatic rings. The molecule has 5 heteroatoms. The Morgan fingerprint density at radius 2 is 2.00 bits per heavy atom. The first-order valence-electron chi connectivity index (χ1n) is 5.81. The third-order valence-corrected chi connectivity index (χ3v) is 4.48. The van der Waals surface area contributed by atoms with Crippen LogP contribution < -0.4 is 5.73 Å². The summed E-state index contributed by atoms with van der Waals surface area (Å²) in [5, 5.41) is 0. The van der Waals surface area contributed by atoms with Crippen molar-refractivity contribution in [1.82, 2.24) is 0 Å². The highest BCUT2D eigenvalue weighted by atomic mass is 32.2. The molecule has 1 aliphatic rings. The van der Waals surface area contributed by atoms with Crippen molar-refractivity contribution < 1.29 is 13.2 Å². The molecule has 0 aliphatic heterocycles. The van der Waals surface area contributed by atoms with Gasteiger partial charge in [0, 0.05) is 4.90 Å². The van der Waals surface area contributed by atoms with Gasteiger partial charge in [0.15, 0.2) is 0 Å². The van der Waals surface area contributed by atoms with Gasteiger partial charge >= 0.3 is 5.51 Å². The number of alkyl halides is 3. The number of benzene rings is 1. The molecule has 0 spiro atoms. The van der Waals surface area contributed by atoms with Gasteiger partial charge in [-0.3, -0.25) is 0 Å². The van der Waals surface area contributed by atoms with Crippen molar-refractivity contribution in [3.63, 3.8) is 0 Å². The molecule has 1 nitrogen and oxygen atoms in total. The lowest BCUT2D eigenvalue weighted by molar-refractivity contribution is -0.0328. The van der Waals surface area contributed by atoms with Gasteiger partial charge in [0.05, 0.1) is 0 Å². The SMILES string of the molecule is CC1(C)C(CN)C1c1cccc(SC(F)(F)F)c1. The summed E-state index contributed by atoms with van der Waals surface area (Å²) in [5.74, 6) is 0.639. The first-order valence-corrected chi connectivity index (χ1v) is 6.63. The van der Waals surface area contributed by atoms with E-state index in [4.69, 9.17) is 5.73 Å². The predicted molar refractivity (Wildman–Crippen MR) is 67.4 cm³/mol. The van der Waals surface area contributed by atoms with E-state index in [0.717, 1.165) is 5.56 Å². The fourth-order valence-electron chi connectivity index (χ4n) is 2.75. The molecule has 1 aliphatic carbocycles. The van der Waals surface area contributed by atoms with Gasteiger partial charge in [-0.25, -0.2) is 0 Å². The number of hydrogen-bond acceptors (Lipinski definition) is 2. The van der Waals surface area contributed by atoms with Crippen LogP contribution in [0.1, 0.15) is 25.3 Å². The molecule has 18 heavy (non-hydrogen) atoms. The fourth-order valence-corrected chi connectivity index (χ4v) is 3.36. The van der Waals surface area contributed by atoms with Gasteiger partial charge in [0.1, 0.15) is 0 Å². The average molecular weight is 275 g/mol. The molecule has 2 rings (SSSR count). The maximum Gasteiger partial charge on any atom is 0.446 e. The minimum absolute atomic E-state index is 0.0622. The van der Waals surface area contributed by atoms with Crippen LogP contribution in [0.5, 0.6) is 0 Å². The topological polar surface area (TPSA) is 26.0 Å². The van der Waals surface area contributed by atoms with Crippen molar-refractivity contribution in [3.8, 4) is 0 Å². The Morgan fingerprint density at radius 3 is 2.50 bits per heavy atom. The van der Waals surface area contributed by atoms with Gasteiger partial charge in [0.2, 0.25) is 0 Å². The molecule has 0 amide bonds. The van der Waals surface area contributed by atoms with Crippen molar-refractivity contribution in [1.29, 1.82) is 0 Å². The second kappa shape index (κ2) is 4.46. The van der Waals surface area contributed by atoms with Crippen molar-refractivity contribution in [3.05, 3.63) is 29.8 Å². The van der Waals surface area contributed by atoms with Gasteiger partial charge in [-0.1, -0.05) is 26.0 Å². The van der Waals surface area contributed by atoms with E-state index in [1.54, 1.807) is 12.1 Å². The maximum atomic E-state index is 12.3. The second-order valence-corrected chi connectivity index (χ2v) is 6.40. The van der Waals surface area contributed by atoms with Gasteiger partial charge in [-0.05, 0) is 53.3 Å². The van der Waals surface area contributed by atoms with Crippen LogP contribution in [0.15, 0.2) is 29.2 Å². The smallest absolute Gasteiger partial charge is 0.330 e. The molecule has 0 bridgehead atoms. The monoisotopic (exact) mass is 275 g/mol. The summed E-state index contributed by atoms with van der Waals surface area (Å²) >= 11 is -0.0622. The lowest BCUT2D eigenvalue weighted by Gasteiger charge is -2.08. The molecule has 0 heterocycles.